The van der Waals surface area contributed by atoms with Crippen LogP contribution in [0.15, 0.2) is 12.1 Å². The molecule has 0 saturated heterocycles. The fourth-order valence-electron chi connectivity index (χ4n) is 2.72. The lowest BCUT2D eigenvalue weighted by Gasteiger charge is -2.19. The zero-order valence-corrected chi connectivity index (χ0v) is 9.94. The molecule has 84 valence electrons. The monoisotopic (exact) mass is 233 g/mol. The third-order valence-electron chi connectivity index (χ3n) is 3.45. The van der Waals surface area contributed by atoms with Crippen LogP contribution < -0.4 is 16.0 Å². The highest BCUT2D eigenvalue weighted by Crippen LogP contribution is 2.35. The highest BCUT2D eigenvalue weighted by Gasteiger charge is 2.26. The Morgan fingerprint density at radius 3 is 3.06 bits per heavy atom. The zero-order valence-electron chi connectivity index (χ0n) is 9.12. The van der Waals surface area contributed by atoms with Crippen molar-refractivity contribution in [2.24, 2.45) is 5.73 Å². The molecule has 0 bridgehead atoms. The van der Waals surface area contributed by atoms with E-state index in [-0.39, 0.29) is 0 Å². The van der Waals surface area contributed by atoms with Gasteiger partial charge < -0.3 is 16.0 Å². The van der Waals surface area contributed by atoms with Gasteiger partial charge in [0.1, 0.15) is 4.99 Å². The SMILES string of the molecule is NC(=S)c1ccc2c3c1CCN3CCNC2. The Labute approximate surface area is 101 Å². The third-order valence-corrected chi connectivity index (χ3v) is 3.67. The van der Waals surface area contributed by atoms with E-state index < -0.39 is 0 Å². The van der Waals surface area contributed by atoms with Gasteiger partial charge in [0.2, 0.25) is 0 Å². The summed E-state index contributed by atoms with van der Waals surface area (Å²) < 4.78 is 0. The van der Waals surface area contributed by atoms with E-state index in [1.807, 2.05) is 0 Å². The quantitative estimate of drug-likeness (QED) is 0.704. The molecule has 1 aromatic rings. The van der Waals surface area contributed by atoms with E-state index in [1.165, 1.54) is 16.8 Å². The fourth-order valence-corrected chi connectivity index (χ4v) is 2.92. The van der Waals surface area contributed by atoms with Gasteiger partial charge in [-0.2, -0.15) is 0 Å². The molecule has 0 saturated carbocycles. The minimum Gasteiger partial charge on any atom is -0.389 e. The molecule has 2 aliphatic rings. The van der Waals surface area contributed by atoms with Crippen LogP contribution >= 0.6 is 12.2 Å². The third kappa shape index (κ3) is 1.41. The van der Waals surface area contributed by atoms with Gasteiger partial charge in [0, 0.05) is 37.4 Å². The summed E-state index contributed by atoms with van der Waals surface area (Å²) in [4.78, 5) is 2.98. The van der Waals surface area contributed by atoms with Crippen molar-refractivity contribution in [3.63, 3.8) is 0 Å². The average Bonchev–Trinajstić information content (AvgIpc) is 2.56. The molecule has 0 aromatic heterocycles. The first-order valence-corrected chi connectivity index (χ1v) is 6.08. The van der Waals surface area contributed by atoms with Crippen LogP contribution in [0.25, 0.3) is 0 Å². The minimum atomic E-state index is 0.525. The Hall–Kier alpha value is -1.13. The lowest BCUT2D eigenvalue weighted by Crippen LogP contribution is -2.27. The van der Waals surface area contributed by atoms with Crippen molar-refractivity contribution < 1.29 is 0 Å². The van der Waals surface area contributed by atoms with Crippen LogP contribution in [-0.2, 0) is 13.0 Å². The maximum Gasteiger partial charge on any atom is 0.104 e. The second kappa shape index (κ2) is 3.71. The number of nitrogens with two attached hydrogens (primary N) is 1. The highest BCUT2D eigenvalue weighted by atomic mass is 32.1. The summed E-state index contributed by atoms with van der Waals surface area (Å²) >= 11 is 5.12. The van der Waals surface area contributed by atoms with E-state index >= 15 is 0 Å². The molecule has 3 rings (SSSR count). The second-order valence-corrected chi connectivity index (χ2v) is 4.82. The van der Waals surface area contributed by atoms with E-state index in [0.717, 1.165) is 38.2 Å². The summed E-state index contributed by atoms with van der Waals surface area (Å²) in [5, 5.41) is 3.44. The molecule has 4 heteroatoms. The first kappa shape index (κ1) is 10.1. The number of thiocarbonyl (C=S) groups is 1. The van der Waals surface area contributed by atoms with Crippen LogP contribution in [0.4, 0.5) is 5.69 Å². The van der Waals surface area contributed by atoms with Gasteiger partial charge in [0.15, 0.2) is 0 Å². The highest BCUT2D eigenvalue weighted by molar-refractivity contribution is 7.80. The maximum absolute atomic E-state index is 5.78. The lowest BCUT2D eigenvalue weighted by molar-refractivity contribution is 0.692. The number of benzene rings is 1. The number of anilines is 1. The van der Waals surface area contributed by atoms with Crippen LogP contribution in [0.3, 0.4) is 0 Å². The summed E-state index contributed by atoms with van der Waals surface area (Å²) in [5.41, 5.74) is 11.0. The first-order chi connectivity index (χ1) is 7.77. The van der Waals surface area contributed by atoms with Crippen molar-refractivity contribution in [3.8, 4) is 0 Å². The molecule has 2 heterocycles. The van der Waals surface area contributed by atoms with Crippen molar-refractivity contribution in [1.82, 2.24) is 5.32 Å². The Kier molecular flexibility index (Phi) is 2.33. The lowest BCUT2D eigenvalue weighted by atomic mass is 10.0. The van der Waals surface area contributed by atoms with Crippen molar-refractivity contribution in [3.05, 3.63) is 28.8 Å². The smallest absolute Gasteiger partial charge is 0.104 e. The molecule has 2 aliphatic heterocycles. The van der Waals surface area contributed by atoms with Crippen molar-refractivity contribution >= 4 is 22.9 Å². The Morgan fingerprint density at radius 2 is 2.25 bits per heavy atom. The van der Waals surface area contributed by atoms with Crippen LogP contribution in [0, 0.1) is 0 Å². The summed E-state index contributed by atoms with van der Waals surface area (Å²) in [6.45, 7) is 4.19. The molecule has 3 N–H and O–H groups in total. The molecular weight excluding hydrogens is 218 g/mol. The van der Waals surface area contributed by atoms with Gasteiger partial charge in [-0.1, -0.05) is 24.4 Å². The standard InChI is InChI=1S/C12H15N3S/c13-12(16)10-2-1-8-7-14-4-6-15-5-3-9(10)11(8)15/h1-2,14H,3-7H2,(H2,13,16). The summed E-state index contributed by atoms with van der Waals surface area (Å²) in [7, 11) is 0. The van der Waals surface area contributed by atoms with Gasteiger partial charge in [0.25, 0.3) is 0 Å². The van der Waals surface area contributed by atoms with Gasteiger partial charge in [-0.25, -0.2) is 0 Å². The van der Waals surface area contributed by atoms with E-state index in [0.29, 0.717) is 4.99 Å². The Morgan fingerprint density at radius 1 is 1.38 bits per heavy atom. The van der Waals surface area contributed by atoms with Crippen LogP contribution in [0.2, 0.25) is 0 Å². The number of nitrogens with zero attached hydrogens (tertiary/aromatic N) is 1. The molecule has 0 atom stereocenters. The van der Waals surface area contributed by atoms with Crippen molar-refractivity contribution in [1.29, 1.82) is 0 Å². The Balaban J connectivity index is 2.19. The summed E-state index contributed by atoms with van der Waals surface area (Å²) in [5.74, 6) is 0. The van der Waals surface area contributed by atoms with Crippen LogP contribution in [0.5, 0.6) is 0 Å². The van der Waals surface area contributed by atoms with Gasteiger partial charge in [-0.05, 0) is 17.5 Å². The predicted molar refractivity (Wildman–Crippen MR) is 70.0 cm³/mol. The summed E-state index contributed by atoms with van der Waals surface area (Å²) in [6.07, 6.45) is 1.08. The summed E-state index contributed by atoms with van der Waals surface area (Å²) in [6, 6.07) is 4.23. The number of hydrogen-bond donors (Lipinski definition) is 2. The molecule has 16 heavy (non-hydrogen) atoms. The minimum absolute atomic E-state index is 0.525. The van der Waals surface area contributed by atoms with Gasteiger partial charge in [-0.15, -0.1) is 0 Å². The number of hydrogen-bond acceptors (Lipinski definition) is 3. The molecule has 3 nitrogen and oxygen atoms in total. The molecule has 0 amide bonds. The Bertz CT molecular complexity index is 456. The van der Waals surface area contributed by atoms with E-state index in [4.69, 9.17) is 18.0 Å². The largest absolute Gasteiger partial charge is 0.389 e. The fraction of sp³-hybridized carbons (Fsp3) is 0.417. The molecule has 0 fully saturated rings. The predicted octanol–water partition coefficient (Wildman–Crippen LogP) is 0.786. The second-order valence-electron chi connectivity index (χ2n) is 4.38. The normalized spacial score (nSPS) is 18.1. The molecule has 0 spiro atoms. The topological polar surface area (TPSA) is 41.3 Å². The van der Waals surface area contributed by atoms with Crippen LogP contribution in [-0.4, -0.2) is 24.6 Å². The molecule has 0 unspecified atom stereocenters. The van der Waals surface area contributed by atoms with E-state index in [2.05, 4.69) is 22.3 Å². The molecule has 0 aliphatic carbocycles. The number of nitrogens with one attached hydrogen (secondary N) is 1. The molecule has 0 radical (unpaired) electrons. The maximum atomic E-state index is 5.78. The van der Waals surface area contributed by atoms with E-state index in [1.54, 1.807) is 0 Å². The average molecular weight is 233 g/mol. The molecular formula is C12H15N3S. The van der Waals surface area contributed by atoms with E-state index in [9.17, 15) is 0 Å². The number of rotatable bonds is 1. The molecule has 1 aromatic carbocycles. The van der Waals surface area contributed by atoms with Crippen molar-refractivity contribution in [2.45, 2.75) is 13.0 Å². The first-order valence-electron chi connectivity index (χ1n) is 5.67. The van der Waals surface area contributed by atoms with Gasteiger partial charge in [0.05, 0.1) is 0 Å². The van der Waals surface area contributed by atoms with Crippen LogP contribution in [0.1, 0.15) is 16.7 Å². The van der Waals surface area contributed by atoms with Gasteiger partial charge >= 0.3 is 0 Å². The van der Waals surface area contributed by atoms with Crippen molar-refractivity contribution in [2.75, 3.05) is 24.5 Å². The van der Waals surface area contributed by atoms with Gasteiger partial charge in [-0.3, -0.25) is 0 Å². The zero-order chi connectivity index (χ0) is 11.1.